The molecular weight excluding hydrogens is 537 g/mol. The first-order valence-electron chi connectivity index (χ1n) is 13.1. The van der Waals surface area contributed by atoms with Crippen LogP contribution in [0.25, 0.3) is 6.08 Å². The maximum atomic E-state index is 14.4. The highest BCUT2D eigenvalue weighted by Gasteiger charge is 2.20. The molecule has 1 atom stereocenters. The molecule has 0 aliphatic carbocycles. The first-order valence-corrected chi connectivity index (χ1v) is 14.0. The smallest absolute Gasteiger partial charge is 0.272 e. The van der Waals surface area contributed by atoms with Crippen molar-refractivity contribution in [2.24, 2.45) is 0 Å². The lowest BCUT2D eigenvalue weighted by Crippen LogP contribution is -2.30. The topological polar surface area (TPSA) is 87.3 Å². The molecule has 1 unspecified atom stereocenters. The first-order chi connectivity index (χ1) is 19.8. The summed E-state index contributed by atoms with van der Waals surface area (Å²) in [6.45, 7) is 3.90. The third-order valence-electron chi connectivity index (χ3n) is 6.05. The summed E-state index contributed by atoms with van der Waals surface area (Å²) >= 11 is 1.39. The number of amides is 3. The number of thioether (sulfide) groups is 1. The van der Waals surface area contributed by atoms with Crippen molar-refractivity contribution in [3.05, 3.63) is 131 Å². The Morgan fingerprint density at radius 3 is 2.22 bits per heavy atom. The second kappa shape index (κ2) is 14.1. The van der Waals surface area contributed by atoms with Gasteiger partial charge in [-0.05, 0) is 73.5 Å². The summed E-state index contributed by atoms with van der Waals surface area (Å²) < 4.78 is 14.4. The van der Waals surface area contributed by atoms with Crippen LogP contribution in [0.1, 0.15) is 34.8 Å². The van der Waals surface area contributed by atoms with Gasteiger partial charge in [0.15, 0.2) is 0 Å². The molecule has 208 valence electrons. The zero-order valence-corrected chi connectivity index (χ0v) is 23.5. The third kappa shape index (κ3) is 8.40. The predicted molar refractivity (Wildman–Crippen MR) is 163 cm³/mol. The zero-order valence-electron chi connectivity index (χ0n) is 22.7. The molecule has 6 nitrogen and oxygen atoms in total. The molecule has 4 rings (SSSR count). The minimum atomic E-state index is -0.621. The Hall–Kier alpha value is -4.69. The van der Waals surface area contributed by atoms with Crippen molar-refractivity contribution in [2.45, 2.75) is 30.4 Å². The first kappa shape index (κ1) is 29.3. The van der Waals surface area contributed by atoms with Crippen molar-refractivity contribution in [1.82, 2.24) is 5.32 Å². The number of carbonyl (C=O) groups excluding carboxylic acids is 3. The van der Waals surface area contributed by atoms with Gasteiger partial charge in [0.1, 0.15) is 11.5 Å². The van der Waals surface area contributed by atoms with Crippen LogP contribution < -0.4 is 16.0 Å². The van der Waals surface area contributed by atoms with E-state index in [1.165, 1.54) is 30.0 Å². The van der Waals surface area contributed by atoms with Gasteiger partial charge in [-0.3, -0.25) is 14.4 Å². The summed E-state index contributed by atoms with van der Waals surface area (Å²) in [4.78, 5) is 39.9. The van der Waals surface area contributed by atoms with Crippen LogP contribution in [0.15, 0.2) is 114 Å². The number of benzene rings is 4. The molecule has 4 aromatic carbocycles. The molecule has 8 heteroatoms. The average molecular weight is 568 g/mol. The van der Waals surface area contributed by atoms with Gasteiger partial charge >= 0.3 is 0 Å². The van der Waals surface area contributed by atoms with Crippen molar-refractivity contribution >= 4 is 46.9 Å². The summed E-state index contributed by atoms with van der Waals surface area (Å²) in [5.74, 6) is -1.77. The van der Waals surface area contributed by atoms with E-state index in [4.69, 9.17) is 0 Å². The Balaban J connectivity index is 1.51. The lowest BCUT2D eigenvalue weighted by Gasteiger charge is -2.16. The number of anilines is 2. The number of hydrogen-bond acceptors (Lipinski definition) is 4. The highest BCUT2D eigenvalue weighted by molar-refractivity contribution is 8.00. The van der Waals surface area contributed by atoms with E-state index in [0.717, 1.165) is 16.1 Å². The molecule has 0 saturated carbocycles. The molecule has 0 spiro atoms. The van der Waals surface area contributed by atoms with Gasteiger partial charge in [-0.1, -0.05) is 61.5 Å². The Kier molecular flexibility index (Phi) is 10.1. The van der Waals surface area contributed by atoms with Crippen LogP contribution >= 0.6 is 11.8 Å². The SMILES string of the molecule is CCC(Sc1cccc(NC(=O)/C(=C/c2ccccc2F)NC(=O)c2ccccc2)c1)C(=O)Nc1cccc(C)c1. The van der Waals surface area contributed by atoms with E-state index in [-0.39, 0.29) is 22.4 Å². The van der Waals surface area contributed by atoms with Gasteiger partial charge in [0.05, 0.1) is 5.25 Å². The number of hydrogen-bond donors (Lipinski definition) is 3. The minimum Gasteiger partial charge on any atom is -0.325 e. The number of halogens is 1. The van der Waals surface area contributed by atoms with Gasteiger partial charge in [0.2, 0.25) is 5.91 Å². The van der Waals surface area contributed by atoms with E-state index in [1.54, 1.807) is 60.7 Å². The summed E-state index contributed by atoms with van der Waals surface area (Å²) in [6.07, 6.45) is 1.90. The molecule has 41 heavy (non-hydrogen) atoms. The highest BCUT2D eigenvalue weighted by atomic mass is 32.2. The van der Waals surface area contributed by atoms with E-state index in [1.807, 2.05) is 44.2 Å². The molecule has 0 fully saturated rings. The Labute approximate surface area is 243 Å². The summed E-state index contributed by atoms with van der Waals surface area (Å²) in [6, 6.07) is 29.1. The van der Waals surface area contributed by atoms with E-state index < -0.39 is 17.6 Å². The van der Waals surface area contributed by atoms with E-state index in [9.17, 15) is 18.8 Å². The van der Waals surface area contributed by atoms with Gasteiger partial charge in [-0.25, -0.2) is 4.39 Å². The van der Waals surface area contributed by atoms with Crippen molar-refractivity contribution in [1.29, 1.82) is 0 Å². The molecule has 3 amide bonds. The van der Waals surface area contributed by atoms with Crippen molar-refractivity contribution in [2.75, 3.05) is 10.6 Å². The normalized spacial score (nSPS) is 11.8. The third-order valence-corrected chi connectivity index (χ3v) is 7.41. The lowest BCUT2D eigenvalue weighted by atomic mass is 10.1. The number of nitrogens with one attached hydrogen (secondary N) is 3. The Morgan fingerprint density at radius 2 is 1.51 bits per heavy atom. The number of aryl methyl sites for hydroxylation is 1. The van der Waals surface area contributed by atoms with E-state index >= 15 is 0 Å². The van der Waals surface area contributed by atoms with Crippen molar-refractivity contribution < 1.29 is 18.8 Å². The fourth-order valence-corrected chi connectivity index (χ4v) is 4.98. The minimum absolute atomic E-state index is 0.115. The van der Waals surface area contributed by atoms with Crippen molar-refractivity contribution in [3.63, 3.8) is 0 Å². The second-order valence-corrected chi connectivity index (χ2v) is 10.5. The average Bonchev–Trinajstić information content (AvgIpc) is 2.97. The fraction of sp³-hybridized carbons (Fsp3) is 0.121. The fourth-order valence-electron chi connectivity index (χ4n) is 3.97. The van der Waals surface area contributed by atoms with Gasteiger partial charge in [-0.2, -0.15) is 0 Å². The van der Waals surface area contributed by atoms with Crippen LogP contribution in [-0.4, -0.2) is 23.0 Å². The highest BCUT2D eigenvalue weighted by Crippen LogP contribution is 2.29. The van der Waals surface area contributed by atoms with Crippen LogP contribution in [0.2, 0.25) is 0 Å². The molecule has 3 N–H and O–H groups in total. The number of carbonyl (C=O) groups is 3. The largest absolute Gasteiger partial charge is 0.325 e. The lowest BCUT2D eigenvalue weighted by molar-refractivity contribution is -0.116. The van der Waals surface area contributed by atoms with Gasteiger partial charge in [0.25, 0.3) is 11.8 Å². The quantitative estimate of drug-likeness (QED) is 0.142. The van der Waals surface area contributed by atoms with Crippen LogP contribution in [0.5, 0.6) is 0 Å². The van der Waals surface area contributed by atoms with Crippen LogP contribution in [0.4, 0.5) is 15.8 Å². The Morgan fingerprint density at radius 1 is 0.829 bits per heavy atom. The summed E-state index contributed by atoms with van der Waals surface area (Å²) in [7, 11) is 0. The molecule has 0 bridgehead atoms. The summed E-state index contributed by atoms with van der Waals surface area (Å²) in [5.41, 5.74) is 2.64. The predicted octanol–water partition coefficient (Wildman–Crippen LogP) is 7.05. The Bertz CT molecular complexity index is 1570. The maximum Gasteiger partial charge on any atom is 0.272 e. The van der Waals surface area contributed by atoms with Gasteiger partial charge in [-0.15, -0.1) is 11.8 Å². The monoisotopic (exact) mass is 567 g/mol. The van der Waals surface area contributed by atoms with Gasteiger partial charge < -0.3 is 16.0 Å². The molecular formula is C33H30FN3O3S. The molecule has 0 heterocycles. The molecule has 0 aliphatic heterocycles. The second-order valence-electron chi connectivity index (χ2n) is 9.26. The molecule has 4 aromatic rings. The molecule has 0 saturated heterocycles. The van der Waals surface area contributed by atoms with Crippen molar-refractivity contribution in [3.8, 4) is 0 Å². The van der Waals surface area contributed by atoms with Gasteiger partial charge in [0, 0.05) is 27.4 Å². The van der Waals surface area contributed by atoms with Crippen LogP contribution in [0, 0.1) is 12.7 Å². The standard InChI is InChI=1S/C33H30FN3O3S/c1-3-30(33(40)36-25-15-9-11-22(2)19-25)41-27-17-10-16-26(21-27)35-32(39)29(20-24-14-7-8-18-28(24)34)37-31(38)23-12-5-4-6-13-23/h4-21,30H,3H2,1-2H3,(H,35,39)(H,36,40)(H,37,38)/b29-20-. The van der Waals surface area contributed by atoms with Crippen LogP contribution in [-0.2, 0) is 9.59 Å². The zero-order chi connectivity index (χ0) is 29.2. The number of rotatable bonds is 10. The van der Waals surface area contributed by atoms with E-state index in [0.29, 0.717) is 17.7 Å². The summed E-state index contributed by atoms with van der Waals surface area (Å²) in [5, 5.41) is 8.01. The van der Waals surface area contributed by atoms with Crippen LogP contribution in [0.3, 0.4) is 0 Å². The van der Waals surface area contributed by atoms with E-state index in [2.05, 4.69) is 16.0 Å². The molecule has 0 radical (unpaired) electrons. The maximum absolute atomic E-state index is 14.4. The molecule has 0 aromatic heterocycles. The molecule has 0 aliphatic rings.